The predicted molar refractivity (Wildman–Crippen MR) is 102 cm³/mol. The van der Waals surface area contributed by atoms with Gasteiger partial charge >= 0.3 is 0 Å². The molecule has 0 fully saturated rings. The fourth-order valence-corrected chi connectivity index (χ4v) is 3.61. The monoisotopic (exact) mass is 341 g/mol. The number of benzene rings is 1. The molecule has 3 nitrogen and oxygen atoms in total. The van der Waals surface area contributed by atoms with Gasteiger partial charge in [0.05, 0.1) is 18.6 Å². The summed E-state index contributed by atoms with van der Waals surface area (Å²) in [6.07, 6.45) is 2.92. The van der Waals surface area contributed by atoms with E-state index in [2.05, 4.69) is 40.7 Å². The highest BCUT2D eigenvalue weighted by atomic mass is 16.5. The van der Waals surface area contributed by atoms with Crippen LogP contribution in [0.4, 0.5) is 0 Å². The lowest BCUT2D eigenvalue weighted by atomic mass is 9.73. The van der Waals surface area contributed by atoms with E-state index in [4.69, 9.17) is 10.00 Å². The molecule has 25 heavy (non-hydrogen) atoms. The second-order valence-corrected chi connectivity index (χ2v) is 8.15. The van der Waals surface area contributed by atoms with Gasteiger partial charge in [0, 0.05) is 0 Å². The minimum Gasteiger partial charge on any atom is -0.489 e. The number of hydrogen-bond donors (Lipinski definition) is 1. The molecule has 0 aliphatic heterocycles. The third kappa shape index (κ3) is 4.86. The normalized spacial score (nSPS) is 18.2. The second-order valence-electron chi connectivity index (χ2n) is 8.15. The third-order valence-electron chi connectivity index (χ3n) is 5.36. The molecule has 0 aromatic heterocycles. The highest BCUT2D eigenvalue weighted by molar-refractivity contribution is 5.38. The predicted octanol–water partition coefficient (Wildman–Crippen LogP) is 5.66. The molecule has 0 bridgehead atoms. The van der Waals surface area contributed by atoms with Crippen LogP contribution in [0.3, 0.4) is 0 Å². The van der Waals surface area contributed by atoms with Crippen LogP contribution in [-0.2, 0) is 0 Å². The highest BCUT2D eigenvalue weighted by Gasteiger charge is 2.28. The second kappa shape index (κ2) is 8.06. The summed E-state index contributed by atoms with van der Waals surface area (Å²) in [4.78, 5) is 0. The van der Waals surface area contributed by atoms with Crippen molar-refractivity contribution in [1.82, 2.24) is 0 Å². The molecule has 1 aromatic rings. The van der Waals surface area contributed by atoms with Gasteiger partial charge in [-0.15, -0.1) is 0 Å². The van der Waals surface area contributed by atoms with Crippen LogP contribution >= 0.6 is 0 Å². The van der Waals surface area contributed by atoms with Crippen molar-refractivity contribution in [3.05, 3.63) is 40.5 Å². The number of ether oxygens (including phenoxy) is 1. The van der Waals surface area contributed by atoms with Crippen molar-refractivity contribution in [2.45, 2.75) is 72.3 Å². The standard InChI is InChI=1S/C22H31NO2/c1-15(2)17-11-18(21(24)8-10-23)13-19(12-17)25-14-20-16(3)7-6-9-22(20,4)5/h11-13,15,21,24H,6-9,14H2,1-5H3. The van der Waals surface area contributed by atoms with Gasteiger partial charge in [0.1, 0.15) is 12.4 Å². The van der Waals surface area contributed by atoms with Gasteiger partial charge in [-0.2, -0.15) is 5.26 Å². The molecule has 0 radical (unpaired) electrons. The zero-order valence-electron chi connectivity index (χ0n) is 16.2. The van der Waals surface area contributed by atoms with Crippen molar-refractivity contribution < 1.29 is 9.84 Å². The zero-order valence-corrected chi connectivity index (χ0v) is 16.2. The summed E-state index contributed by atoms with van der Waals surface area (Å²) >= 11 is 0. The summed E-state index contributed by atoms with van der Waals surface area (Å²) in [5.74, 6) is 1.11. The Bertz CT molecular complexity index is 680. The van der Waals surface area contributed by atoms with Gasteiger partial charge in [-0.1, -0.05) is 39.3 Å². The van der Waals surface area contributed by atoms with E-state index in [-0.39, 0.29) is 11.8 Å². The van der Waals surface area contributed by atoms with Gasteiger partial charge in [0.25, 0.3) is 0 Å². The van der Waals surface area contributed by atoms with Crippen molar-refractivity contribution in [3.8, 4) is 11.8 Å². The first kappa shape index (κ1) is 19.5. The van der Waals surface area contributed by atoms with Crippen molar-refractivity contribution in [3.63, 3.8) is 0 Å². The van der Waals surface area contributed by atoms with E-state index in [1.165, 1.54) is 24.0 Å². The Morgan fingerprint density at radius 2 is 1.92 bits per heavy atom. The molecular formula is C22H31NO2. The van der Waals surface area contributed by atoms with E-state index >= 15 is 0 Å². The number of nitrogens with zero attached hydrogens (tertiary/aromatic N) is 1. The first-order valence-corrected chi connectivity index (χ1v) is 9.26. The summed E-state index contributed by atoms with van der Waals surface area (Å²) in [6, 6.07) is 7.95. The number of aliphatic hydroxyl groups is 1. The first-order chi connectivity index (χ1) is 11.7. The molecular weight excluding hydrogens is 310 g/mol. The third-order valence-corrected chi connectivity index (χ3v) is 5.36. The maximum Gasteiger partial charge on any atom is 0.120 e. The van der Waals surface area contributed by atoms with E-state index in [0.717, 1.165) is 23.3 Å². The Balaban J connectivity index is 2.25. The van der Waals surface area contributed by atoms with Crippen molar-refractivity contribution in [1.29, 1.82) is 5.26 Å². The molecule has 1 aliphatic carbocycles. The van der Waals surface area contributed by atoms with Gasteiger partial charge in [0.15, 0.2) is 0 Å². The molecule has 0 saturated carbocycles. The molecule has 3 heteroatoms. The quantitative estimate of drug-likeness (QED) is 0.679. The van der Waals surface area contributed by atoms with E-state index in [1.54, 1.807) is 0 Å². The molecule has 0 heterocycles. The largest absolute Gasteiger partial charge is 0.489 e. The SMILES string of the molecule is CC1=C(COc2cc(C(C)C)cc(C(O)CC#N)c2)C(C)(C)CCC1. The highest BCUT2D eigenvalue weighted by Crippen LogP contribution is 2.40. The van der Waals surface area contributed by atoms with Gasteiger partial charge < -0.3 is 9.84 Å². The molecule has 1 aliphatic rings. The summed E-state index contributed by atoms with van der Waals surface area (Å²) in [7, 11) is 0. The molecule has 0 saturated heterocycles. The lowest BCUT2D eigenvalue weighted by Gasteiger charge is -2.34. The van der Waals surface area contributed by atoms with Crippen LogP contribution in [0.2, 0.25) is 0 Å². The Kier molecular flexibility index (Phi) is 6.30. The van der Waals surface area contributed by atoms with E-state index < -0.39 is 6.10 Å². The maximum atomic E-state index is 10.2. The molecule has 136 valence electrons. The lowest BCUT2D eigenvalue weighted by Crippen LogP contribution is -2.24. The number of hydrogen-bond acceptors (Lipinski definition) is 3. The van der Waals surface area contributed by atoms with Crippen LogP contribution in [0.5, 0.6) is 5.75 Å². The lowest BCUT2D eigenvalue weighted by molar-refractivity contribution is 0.182. The fourth-order valence-electron chi connectivity index (χ4n) is 3.61. The molecule has 1 atom stereocenters. The van der Waals surface area contributed by atoms with Crippen molar-refractivity contribution >= 4 is 0 Å². The smallest absolute Gasteiger partial charge is 0.120 e. The van der Waals surface area contributed by atoms with E-state index in [0.29, 0.717) is 12.5 Å². The van der Waals surface area contributed by atoms with Gasteiger partial charge in [-0.25, -0.2) is 0 Å². The molecule has 0 amide bonds. The maximum absolute atomic E-state index is 10.2. The summed E-state index contributed by atoms with van der Waals surface area (Å²) in [5, 5.41) is 19.1. The van der Waals surface area contributed by atoms with Crippen LogP contribution in [-0.4, -0.2) is 11.7 Å². The Morgan fingerprint density at radius 1 is 1.24 bits per heavy atom. The first-order valence-electron chi connectivity index (χ1n) is 9.26. The summed E-state index contributed by atoms with van der Waals surface area (Å²) in [6.45, 7) is 11.6. The average Bonchev–Trinajstić information content (AvgIpc) is 2.53. The van der Waals surface area contributed by atoms with Gasteiger partial charge in [-0.3, -0.25) is 0 Å². The fraction of sp³-hybridized carbons (Fsp3) is 0.591. The van der Waals surface area contributed by atoms with Crippen LogP contribution in [0, 0.1) is 16.7 Å². The van der Waals surface area contributed by atoms with Gasteiger partial charge in [-0.05, 0) is 66.4 Å². The number of nitriles is 1. The van der Waals surface area contributed by atoms with Crippen molar-refractivity contribution in [2.24, 2.45) is 5.41 Å². The number of aliphatic hydroxyl groups excluding tert-OH is 1. The van der Waals surface area contributed by atoms with Crippen molar-refractivity contribution in [2.75, 3.05) is 6.61 Å². The molecule has 2 rings (SSSR count). The summed E-state index contributed by atoms with van der Waals surface area (Å²) < 4.78 is 6.16. The van der Waals surface area contributed by atoms with Crippen LogP contribution < -0.4 is 4.74 Å². The van der Waals surface area contributed by atoms with Crippen LogP contribution in [0.15, 0.2) is 29.3 Å². The molecule has 0 spiro atoms. The Hall–Kier alpha value is -1.79. The van der Waals surface area contributed by atoms with Gasteiger partial charge in [0.2, 0.25) is 0 Å². The molecule has 1 aromatic carbocycles. The number of rotatable bonds is 6. The minimum atomic E-state index is -0.766. The van der Waals surface area contributed by atoms with Crippen LogP contribution in [0.25, 0.3) is 0 Å². The minimum absolute atomic E-state index is 0.0955. The van der Waals surface area contributed by atoms with E-state index in [1.807, 2.05) is 18.2 Å². The summed E-state index contributed by atoms with van der Waals surface area (Å²) in [5.41, 5.74) is 4.91. The molecule has 1 unspecified atom stereocenters. The Labute approximate surface area is 152 Å². The Morgan fingerprint density at radius 3 is 2.52 bits per heavy atom. The van der Waals surface area contributed by atoms with E-state index in [9.17, 15) is 5.11 Å². The topological polar surface area (TPSA) is 53.2 Å². The number of allylic oxidation sites excluding steroid dienone is 1. The van der Waals surface area contributed by atoms with Crippen LogP contribution in [0.1, 0.15) is 83.5 Å². The zero-order chi connectivity index (χ0) is 18.6. The molecule has 1 N–H and O–H groups in total. The average molecular weight is 341 g/mol.